The van der Waals surface area contributed by atoms with Crippen molar-refractivity contribution in [2.24, 2.45) is 0 Å². The number of pyridine rings is 1. The summed E-state index contributed by atoms with van der Waals surface area (Å²) in [6, 6.07) is 12.2. The molecule has 1 atom stereocenters. The number of hydrogen-bond donors (Lipinski definition) is 0. The molecule has 1 aliphatic heterocycles. The molecular formula is C17H16N2OS3. The van der Waals surface area contributed by atoms with E-state index in [0.717, 1.165) is 5.56 Å². The predicted molar refractivity (Wildman–Crippen MR) is 101 cm³/mol. The molecule has 118 valence electrons. The second-order valence-corrected chi connectivity index (χ2v) is 7.93. The fourth-order valence-electron chi connectivity index (χ4n) is 2.42. The molecule has 1 aliphatic rings. The van der Waals surface area contributed by atoms with Gasteiger partial charge < -0.3 is 0 Å². The Morgan fingerprint density at radius 1 is 1.26 bits per heavy atom. The molecule has 1 saturated heterocycles. The summed E-state index contributed by atoms with van der Waals surface area (Å²) < 4.78 is 0.657. The summed E-state index contributed by atoms with van der Waals surface area (Å²) >= 11 is 8.60. The smallest absolute Gasteiger partial charge is 0.242 e. The van der Waals surface area contributed by atoms with Crippen molar-refractivity contribution in [3.8, 4) is 0 Å². The highest BCUT2D eigenvalue weighted by atomic mass is 32.2. The van der Waals surface area contributed by atoms with Crippen LogP contribution in [0.2, 0.25) is 0 Å². The normalized spacial score (nSPS) is 17.8. The zero-order valence-electron chi connectivity index (χ0n) is 12.6. The van der Waals surface area contributed by atoms with Crippen molar-refractivity contribution in [1.82, 2.24) is 9.88 Å². The molecule has 23 heavy (non-hydrogen) atoms. The number of amides is 1. The molecule has 3 rings (SSSR count). The minimum Gasteiger partial charge on any atom is -0.292 e. The summed E-state index contributed by atoms with van der Waals surface area (Å²) in [7, 11) is 0. The largest absolute Gasteiger partial charge is 0.292 e. The predicted octanol–water partition coefficient (Wildman–Crippen LogP) is 3.78. The van der Waals surface area contributed by atoms with Crippen LogP contribution in [0.15, 0.2) is 53.7 Å². The topological polar surface area (TPSA) is 33.2 Å². The first-order chi connectivity index (χ1) is 11.2. The molecule has 2 heterocycles. The van der Waals surface area contributed by atoms with E-state index >= 15 is 0 Å². The minimum absolute atomic E-state index is 0.0952. The molecule has 0 N–H and O–H groups in total. The molecule has 3 nitrogen and oxygen atoms in total. The van der Waals surface area contributed by atoms with Gasteiger partial charge in [0.2, 0.25) is 5.91 Å². The number of carbonyl (C=O) groups excluding carboxylic acids is 1. The van der Waals surface area contributed by atoms with Crippen LogP contribution in [0.5, 0.6) is 0 Å². The number of benzene rings is 1. The lowest BCUT2D eigenvalue weighted by Crippen LogP contribution is -2.31. The van der Waals surface area contributed by atoms with Crippen molar-refractivity contribution in [1.29, 1.82) is 0 Å². The third kappa shape index (κ3) is 3.94. The van der Waals surface area contributed by atoms with Crippen LogP contribution in [0.4, 0.5) is 0 Å². The molecular weight excluding hydrogens is 344 g/mol. The lowest BCUT2D eigenvalue weighted by Gasteiger charge is -2.15. The van der Waals surface area contributed by atoms with Crippen LogP contribution >= 0.6 is 35.7 Å². The second-order valence-electron chi connectivity index (χ2n) is 5.21. The number of aromatic nitrogens is 1. The first-order valence-corrected chi connectivity index (χ1v) is 9.72. The molecule has 0 radical (unpaired) electrons. The Labute approximate surface area is 149 Å². The molecule has 0 spiro atoms. The summed E-state index contributed by atoms with van der Waals surface area (Å²) in [4.78, 5) is 19.7. The highest BCUT2D eigenvalue weighted by Crippen LogP contribution is 2.31. The number of thiocarbonyl (C=S) groups is 1. The monoisotopic (exact) mass is 360 g/mol. The third-order valence-electron chi connectivity index (χ3n) is 3.65. The minimum atomic E-state index is -0.126. The van der Waals surface area contributed by atoms with Crippen LogP contribution in [0.1, 0.15) is 11.1 Å². The Morgan fingerprint density at radius 3 is 2.70 bits per heavy atom. The van der Waals surface area contributed by atoms with Crippen LogP contribution in [0.25, 0.3) is 0 Å². The third-order valence-corrected chi connectivity index (χ3v) is 5.98. The Balaban J connectivity index is 1.68. The van der Waals surface area contributed by atoms with Gasteiger partial charge in [-0.2, -0.15) is 0 Å². The van der Waals surface area contributed by atoms with Gasteiger partial charge in [-0.25, -0.2) is 0 Å². The Bertz CT molecular complexity index is 704. The van der Waals surface area contributed by atoms with E-state index < -0.39 is 0 Å². The van der Waals surface area contributed by atoms with Crippen LogP contribution in [0, 0.1) is 0 Å². The van der Waals surface area contributed by atoms with Gasteiger partial charge in [0.15, 0.2) is 0 Å². The molecule has 6 heteroatoms. The van der Waals surface area contributed by atoms with E-state index in [1.807, 2.05) is 12.1 Å². The average molecular weight is 361 g/mol. The maximum Gasteiger partial charge on any atom is 0.242 e. The van der Waals surface area contributed by atoms with Gasteiger partial charge in [-0.1, -0.05) is 42.2 Å². The van der Waals surface area contributed by atoms with Crippen molar-refractivity contribution in [3.63, 3.8) is 0 Å². The van der Waals surface area contributed by atoms with E-state index in [4.69, 9.17) is 12.2 Å². The van der Waals surface area contributed by atoms with E-state index in [1.165, 1.54) is 22.2 Å². The maximum absolute atomic E-state index is 12.6. The highest BCUT2D eigenvalue weighted by Gasteiger charge is 2.36. The fraction of sp³-hybridized carbons (Fsp3) is 0.235. The quantitative estimate of drug-likeness (QED) is 0.599. The van der Waals surface area contributed by atoms with Crippen molar-refractivity contribution in [3.05, 3.63) is 59.9 Å². The first-order valence-electron chi connectivity index (χ1n) is 7.21. The molecule has 1 amide bonds. The molecule has 0 aliphatic carbocycles. The molecule has 1 aromatic carbocycles. The average Bonchev–Trinajstić information content (AvgIpc) is 2.84. The molecule has 0 saturated carbocycles. The molecule has 1 aromatic heterocycles. The van der Waals surface area contributed by atoms with Crippen molar-refractivity contribution >= 4 is 46.0 Å². The highest BCUT2D eigenvalue weighted by molar-refractivity contribution is 8.24. The van der Waals surface area contributed by atoms with E-state index in [9.17, 15) is 4.79 Å². The van der Waals surface area contributed by atoms with Gasteiger partial charge in [0.25, 0.3) is 0 Å². The lowest BCUT2D eigenvalue weighted by molar-refractivity contribution is -0.126. The molecule has 2 aromatic rings. The molecule has 0 bridgehead atoms. The summed E-state index contributed by atoms with van der Waals surface area (Å²) in [5.74, 6) is 0.0952. The number of thioether (sulfide) groups is 2. The number of carbonyl (C=O) groups is 1. The summed E-state index contributed by atoms with van der Waals surface area (Å²) in [6.45, 7) is 0.500. The van der Waals surface area contributed by atoms with Crippen molar-refractivity contribution < 1.29 is 4.79 Å². The van der Waals surface area contributed by atoms with E-state index in [-0.39, 0.29) is 11.2 Å². The standard InChI is InChI=1S/C17H16N2OS3/c1-22-14-6-4-12(5-7-14)9-15-16(20)19(17(21)23-15)11-13-3-2-8-18-10-13/h2-8,10,15H,9,11H2,1H3/t15-/m0/s1. The summed E-state index contributed by atoms with van der Waals surface area (Å²) in [6.07, 6.45) is 6.26. The molecule has 1 fully saturated rings. The number of nitrogens with zero attached hydrogens (tertiary/aromatic N) is 2. The maximum atomic E-state index is 12.6. The van der Waals surface area contributed by atoms with Crippen LogP contribution < -0.4 is 0 Å². The SMILES string of the molecule is CSc1ccc(C[C@@H]2SC(=S)N(Cc3cccnc3)C2=O)cc1. The summed E-state index contributed by atoms with van der Waals surface area (Å²) in [5, 5.41) is -0.126. The van der Waals surface area contributed by atoms with Crippen LogP contribution in [-0.2, 0) is 17.8 Å². The second kappa shape index (κ2) is 7.47. The van der Waals surface area contributed by atoms with Gasteiger partial charge in [-0.3, -0.25) is 14.7 Å². The summed E-state index contributed by atoms with van der Waals surface area (Å²) in [5.41, 5.74) is 2.16. The Kier molecular flexibility index (Phi) is 5.35. The number of hydrogen-bond acceptors (Lipinski definition) is 5. The van der Waals surface area contributed by atoms with Gasteiger partial charge in [0.05, 0.1) is 11.8 Å². The van der Waals surface area contributed by atoms with Crippen LogP contribution in [-0.4, -0.2) is 31.6 Å². The van der Waals surface area contributed by atoms with Crippen molar-refractivity contribution in [2.75, 3.05) is 6.26 Å². The Morgan fingerprint density at radius 2 is 2.04 bits per heavy atom. The molecule has 0 unspecified atom stereocenters. The zero-order chi connectivity index (χ0) is 16.2. The van der Waals surface area contributed by atoms with Gasteiger partial charge in [0.1, 0.15) is 4.32 Å². The Hall–Kier alpha value is -1.37. The van der Waals surface area contributed by atoms with Gasteiger partial charge in [-0.15, -0.1) is 11.8 Å². The van der Waals surface area contributed by atoms with E-state index in [2.05, 4.69) is 35.5 Å². The van der Waals surface area contributed by atoms with Crippen molar-refractivity contribution in [2.45, 2.75) is 23.1 Å². The zero-order valence-corrected chi connectivity index (χ0v) is 15.1. The van der Waals surface area contributed by atoms with Gasteiger partial charge in [0, 0.05) is 17.3 Å². The van der Waals surface area contributed by atoms with Crippen LogP contribution in [0.3, 0.4) is 0 Å². The first kappa shape index (κ1) is 16.5. The van der Waals surface area contributed by atoms with Gasteiger partial charge >= 0.3 is 0 Å². The van der Waals surface area contributed by atoms with E-state index in [1.54, 1.807) is 29.1 Å². The fourth-order valence-corrected chi connectivity index (χ4v) is 4.36. The van der Waals surface area contributed by atoms with E-state index in [0.29, 0.717) is 17.3 Å². The number of rotatable bonds is 5. The lowest BCUT2D eigenvalue weighted by atomic mass is 10.1. The van der Waals surface area contributed by atoms with Gasteiger partial charge in [-0.05, 0) is 42.0 Å².